The molecule has 0 radical (unpaired) electrons. The summed E-state index contributed by atoms with van der Waals surface area (Å²) < 4.78 is 12.1. The Kier molecular flexibility index (Phi) is 4.55. The lowest BCUT2D eigenvalue weighted by Gasteiger charge is -2.18. The molecule has 2 rings (SSSR count). The van der Waals surface area contributed by atoms with Crippen LogP contribution in [0.5, 0.6) is 0 Å². The number of rotatable bonds is 5. The zero-order valence-corrected chi connectivity index (χ0v) is 11.7. The minimum atomic E-state index is -0.483. The SMILES string of the molecule is COC(=O)C(NCC1CCCO1)c1cn(C)nc1C. The number of carbonyl (C=O) groups is 1. The predicted octanol–water partition coefficient (Wildman–Crippen LogP) is 0.711. The van der Waals surface area contributed by atoms with Crippen molar-refractivity contribution >= 4 is 5.97 Å². The summed E-state index contributed by atoms with van der Waals surface area (Å²) in [6, 6.07) is -0.483. The van der Waals surface area contributed by atoms with Gasteiger partial charge in [-0.3, -0.25) is 10.00 Å². The molecule has 1 aliphatic heterocycles. The number of hydrogen-bond acceptors (Lipinski definition) is 5. The molecule has 1 aromatic heterocycles. The van der Waals surface area contributed by atoms with Gasteiger partial charge in [0.2, 0.25) is 0 Å². The third-order valence-corrected chi connectivity index (χ3v) is 3.37. The van der Waals surface area contributed by atoms with E-state index in [4.69, 9.17) is 9.47 Å². The average molecular weight is 267 g/mol. The quantitative estimate of drug-likeness (QED) is 0.796. The fourth-order valence-corrected chi connectivity index (χ4v) is 2.39. The van der Waals surface area contributed by atoms with Crippen molar-refractivity contribution in [2.75, 3.05) is 20.3 Å². The van der Waals surface area contributed by atoms with Gasteiger partial charge >= 0.3 is 5.97 Å². The van der Waals surface area contributed by atoms with Crippen LogP contribution in [0.1, 0.15) is 30.1 Å². The molecule has 1 N–H and O–H groups in total. The number of hydrogen-bond donors (Lipinski definition) is 1. The first kappa shape index (κ1) is 14.0. The fourth-order valence-electron chi connectivity index (χ4n) is 2.39. The van der Waals surface area contributed by atoms with E-state index in [0.29, 0.717) is 6.54 Å². The smallest absolute Gasteiger partial charge is 0.327 e. The molecule has 1 fully saturated rings. The summed E-state index contributed by atoms with van der Waals surface area (Å²) in [5, 5.41) is 7.50. The van der Waals surface area contributed by atoms with Crippen molar-refractivity contribution in [3.63, 3.8) is 0 Å². The van der Waals surface area contributed by atoms with Crippen LogP contribution in [0.25, 0.3) is 0 Å². The predicted molar refractivity (Wildman–Crippen MR) is 69.7 cm³/mol. The van der Waals surface area contributed by atoms with Crippen molar-refractivity contribution in [2.24, 2.45) is 7.05 Å². The highest BCUT2D eigenvalue weighted by atomic mass is 16.5. The van der Waals surface area contributed by atoms with E-state index in [9.17, 15) is 4.79 Å². The van der Waals surface area contributed by atoms with E-state index in [-0.39, 0.29) is 12.1 Å². The first-order valence-electron chi connectivity index (χ1n) is 6.54. The average Bonchev–Trinajstić information content (AvgIpc) is 3.00. The number of carbonyl (C=O) groups excluding carboxylic acids is 1. The Hall–Kier alpha value is -1.40. The lowest BCUT2D eigenvalue weighted by Crippen LogP contribution is -2.35. The van der Waals surface area contributed by atoms with Crippen molar-refractivity contribution in [1.29, 1.82) is 0 Å². The summed E-state index contributed by atoms with van der Waals surface area (Å²) in [6.45, 7) is 3.34. The topological polar surface area (TPSA) is 65.4 Å². The van der Waals surface area contributed by atoms with E-state index in [1.54, 1.807) is 4.68 Å². The third kappa shape index (κ3) is 3.33. The molecule has 19 heavy (non-hydrogen) atoms. The monoisotopic (exact) mass is 267 g/mol. The van der Waals surface area contributed by atoms with Crippen LogP contribution < -0.4 is 5.32 Å². The van der Waals surface area contributed by atoms with E-state index in [2.05, 4.69) is 10.4 Å². The third-order valence-electron chi connectivity index (χ3n) is 3.37. The van der Waals surface area contributed by atoms with E-state index in [1.807, 2.05) is 20.2 Å². The molecule has 2 heterocycles. The molecule has 0 spiro atoms. The van der Waals surface area contributed by atoms with E-state index >= 15 is 0 Å². The summed E-state index contributed by atoms with van der Waals surface area (Å²) in [7, 11) is 3.24. The maximum absolute atomic E-state index is 11.9. The van der Waals surface area contributed by atoms with Gasteiger partial charge < -0.3 is 9.47 Å². The van der Waals surface area contributed by atoms with Crippen molar-refractivity contribution in [3.05, 3.63) is 17.5 Å². The molecule has 0 aliphatic carbocycles. The van der Waals surface area contributed by atoms with Gasteiger partial charge in [-0.1, -0.05) is 0 Å². The number of nitrogens with one attached hydrogen (secondary N) is 1. The minimum Gasteiger partial charge on any atom is -0.468 e. The molecule has 106 valence electrons. The van der Waals surface area contributed by atoms with Gasteiger partial charge in [-0.05, 0) is 19.8 Å². The van der Waals surface area contributed by atoms with Crippen LogP contribution in [0.4, 0.5) is 0 Å². The number of aryl methyl sites for hydroxylation is 2. The maximum atomic E-state index is 11.9. The van der Waals surface area contributed by atoms with Crippen molar-refractivity contribution < 1.29 is 14.3 Å². The summed E-state index contributed by atoms with van der Waals surface area (Å²) in [4.78, 5) is 11.9. The van der Waals surface area contributed by atoms with Gasteiger partial charge in [-0.15, -0.1) is 0 Å². The summed E-state index contributed by atoms with van der Waals surface area (Å²) in [6.07, 6.45) is 4.15. The number of nitrogens with zero attached hydrogens (tertiary/aromatic N) is 2. The molecule has 0 bridgehead atoms. The van der Waals surface area contributed by atoms with Crippen LogP contribution in [0.15, 0.2) is 6.20 Å². The number of ether oxygens (including phenoxy) is 2. The Morgan fingerprint density at radius 3 is 3.05 bits per heavy atom. The lowest BCUT2D eigenvalue weighted by atomic mass is 10.1. The highest BCUT2D eigenvalue weighted by Crippen LogP contribution is 2.19. The zero-order chi connectivity index (χ0) is 13.8. The summed E-state index contributed by atoms with van der Waals surface area (Å²) >= 11 is 0. The molecule has 2 unspecified atom stereocenters. The zero-order valence-electron chi connectivity index (χ0n) is 11.7. The first-order valence-corrected chi connectivity index (χ1v) is 6.54. The normalized spacial score (nSPS) is 20.5. The number of esters is 1. The molecule has 1 aromatic rings. The van der Waals surface area contributed by atoms with Gasteiger partial charge in [-0.2, -0.15) is 5.10 Å². The van der Waals surface area contributed by atoms with Crippen molar-refractivity contribution in [2.45, 2.75) is 31.9 Å². The largest absolute Gasteiger partial charge is 0.468 e. The molecule has 0 saturated carbocycles. The van der Waals surface area contributed by atoms with E-state index in [1.165, 1.54) is 7.11 Å². The summed E-state index contributed by atoms with van der Waals surface area (Å²) in [5.41, 5.74) is 1.69. The van der Waals surface area contributed by atoms with Gasteiger partial charge in [0.25, 0.3) is 0 Å². The Balaban J connectivity index is 2.07. The van der Waals surface area contributed by atoms with E-state index in [0.717, 1.165) is 30.7 Å². The standard InChI is InChI=1S/C13H21N3O3/c1-9-11(8-16(2)15-9)12(13(17)18-3)14-7-10-5-4-6-19-10/h8,10,12,14H,4-7H2,1-3H3. The summed E-state index contributed by atoms with van der Waals surface area (Å²) in [5.74, 6) is -0.297. The van der Waals surface area contributed by atoms with Gasteiger partial charge in [-0.25, -0.2) is 4.79 Å². The second kappa shape index (κ2) is 6.16. The molecule has 1 aliphatic rings. The van der Waals surface area contributed by atoms with Crippen LogP contribution >= 0.6 is 0 Å². The Morgan fingerprint density at radius 2 is 2.53 bits per heavy atom. The highest BCUT2D eigenvalue weighted by Gasteiger charge is 2.26. The van der Waals surface area contributed by atoms with Crippen molar-refractivity contribution in [1.82, 2.24) is 15.1 Å². The van der Waals surface area contributed by atoms with Gasteiger partial charge in [0.05, 0.1) is 18.9 Å². The van der Waals surface area contributed by atoms with Gasteiger partial charge in [0.15, 0.2) is 0 Å². The van der Waals surface area contributed by atoms with Crippen LogP contribution in [0.3, 0.4) is 0 Å². The Bertz CT molecular complexity index is 438. The molecule has 6 heteroatoms. The van der Waals surface area contributed by atoms with Crippen LogP contribution in [-0.4, -0.2) is 42.1 Å². The molecular formula is C13H21N3O3. The lowest BCUT2D eigenvalue weighted by molar-refractivity contribution is -0.143. The number of methoxy groups -OCH3 is 1. The number of aromatic nitrogens is 2. The molecule has 2 atom stereocenters. The van der Waals surface area contributed by atoms with Crippen LogP contribution in [0, 0.1) is 6.92 Å². The molecule has 1 saturated heterocycles. The molecule has 6 nitrogen and oxygen atoms in total. The maximum Gasteiger partial charge on any atom is 0.327 e. The fraction of sp³-hybridized carbons (Fsp3) is 0.692. The Labute approximate surface area is 113 Å². The first-order chi connectivity index (χ1) is 9.11. The van der Waals surface area contributed by atoms with Gasteiger partial charge in [0, 0.05) is 32.0 Å². The molecular weight excluding hydrogens is 246 g/mol. The van der Waals surface area contributed by atoms with Crippen LogP contribution in [0.2, 0.25) is 0 Å². The second-order valence-corrected chi connectivity index (χ2v) is 4.84. The second-order valence-electron chi connectivity index (χ2n) is 4.84. The molecule has 0 aromatic carbocycles. The van der Waals surface area contributed by atoms with Gasteiger partial charge in [0.1, 0.15) is 6.04 Å². The minimum absolute atomic E-state index is 0.184. The van der Waals surface area contributed by atoms with Crippen LogP contribution in [-0.2, 0) is 21.3 Å². The Morgan fingerprint density at radius 1 is 1.74 bits per heavy atom. The highest BCUT2D eigenvalue weighted by molar-refractivity contribution is 5.77. The van der Waals surface area contributed by atoms with Crippen molar-refractivity contribution in [3.8, 4) is 0 Å². The van der Waals surface area contributed by atoms with E-state index < -0.39 is 6.04 Å². The molecule has 0 amide bonds.